The SMILES string of the molecule is C=C(C)COP(=O)(OCC(=C)C)C(=O)C(C)(C)C. The van der Waals surface area contributed by atoms with Crippen LogP contribution in [-0.4, -0.2) is 18.7 Å². The Balaban J connectivity index is 5.02. The normalized spacial score (nSPS) is 12.3. The number of rotatable bonds is 7. The molecule has 0 N–H and O–H groups in total. The summed E-state index contributed by atoms with van der Waals surface area (Å²) in [5.41, 5.74) is 0.0314. The summed E-state index contributed by atoms with van der Waals surface area (Å²) in [5, 5.41) is 0. The van der Waals surface area contributed by atoms with Crippen LogP contribution in [0.15, 0.2) is 24.3 Å². The fourth-order valence-electron chi connectivity index (χ4n) is 0.956. The molecule has 0 saturated heterocycles. The van der Waals surface area contributed by atoms with Gasteiger partial charge in [-0.05, 0) is 13.8 Å². The summed E-state index contributed by atoms with van der Waals surface area (Å²) in [4.78, 5) is 12.1. The summed E-state index contributed by atoms with van der Waals surface area (Å²) in [6, 6.07) is 0. The molecule has 4 nitrogen and oxygen atoms in total. The molecule has 0 aliphatic carbocycles. The molecule has 0 spiro atoms. The van der Waals surface area contributed by atoms with Crippen LogP contribution in [0.5, 0.6) is 0 Å². The largest absolute Gasteiger partial charge is 0.397 e. The summed E-state index contributed by atoms with van der Waals surface area (Å²) in [6.45, 7) is 15.8. The first-order valence-corrected chi connectivity index (χ1v) is 7.26. The molecule has 5 heteroatoms. The molecule has 0 bridgehead atoms. The van der Waals surface area contributed by atoms with Gasteiger partial charge >= 0.3 is 7.60 Å². The quantitative estimate of drug-likeness (QED) is 0.521. The molecule has 0 atom stereocenters. The van der Waals surface area contributed by atoms with E-state index in [1.165, 1.54) is 0 Å². The van der Waals surface area contributed by atoms with Gasteiger partial charge in [0.1, 0.15) is 0 Å². The Morgan fingerprint density at radius 1 is 1.06 bits per heavy atom. The highest BCUT2D eigenvalue weighted by atomic mass is 31.2. The van der Waals surface area contributed by atoms with Crippen LogP contribution in [0, 0.1) is 5.41 Å². The molecule has 104 valence electrons. The molecule has 18 heavy (non-hydrogen) atoms. The van der Waals surface area contributed by atoms with Crippen molar-refractivity contribution in [1.82, 2.24) is 0 Å². The Bertz CT molecular complexity index is 368. The van der Waals surface area contributed by atoms with Gasteiger partial charge in [-0.2, -0.15) is 0 Å². The molecule has 0 amide bonds. The smallest absolute Gasteiger partial charge is 0.299 e. The van der Waals surface area contributed by atoms with Crippen molar-refractivity contribution in [2.45, 2.75) is 34.6 Å². The highest BCUT2D eigenvalue weighted by Crippen LogP contribution is 2.54. The minimum absolute atomic E-state index is 0.0370. The summed E-state index contributed by atoms with van der Waals surface area (Å²) >= 11 is 0. The van der Waals surface area contributed by atoms with E-state index in [9.17, 15) is 9.36 Å². The molecule has 0 heterocycles. The van der Waals surface area contributed by atoms with E-state index in [4.69, 9.17) is 9.05 Å². The molecule has 0 fully saturated rings. The molecule has 0 rings (SSSR count). The lowest BCUT2D eigenvalue weighted by molar-refractivity contribution is -0.120. The predicted molar refractivity (Wildman–Crippen MR) is 73.6 cm³/mol. The zero-order valence-corrected chi connectivity index (χ0v) is 12.8. The molecule has 0 unspecified atom stereocenters. The van der Waals surface area contributed by atoms with Crippen LogP contribution in [0.25, 0.3) is 0 Å². The van der Waals surface area contributed by atoms with E-state index in [2.05, 4.69) is 13.2 Å². The highest BCUT2D eigenvalue weighted by molar-refractivity contribution is 7.72. The van der Waals surface area contributed by atoms with Crippen LogP contribution < -0.4 is 0 Å². The number of carbonyl (C=O) groups is 1. The van der Waals surface area contributed by atoms with Gasteiger partial charge in [0.05, 0.1) is 13.2 Å². The lowest BCUT2D eigenvalue weighted by Gasteiger charge is -2.24. The summed E-state index contributed by atoms with van der Waals surface area (Å²) in [6.07, 6.45) is 0. The molecule has 0 saturated carbocycles. The van der Waals surface area contributed by atoms with Gasteiger partial charge in [-0.1, -0.05) is 45.1 Å². The van der Waals surface area contributed by atoms with Gasteiger partial charge in [0, 0.05) is 5.41 Å². The fourth-order valence-corrected chi connectivity index (χ4v) is 2.87. The van der Waals surface area contributed by atoms with Gasteiger partial charge in [-0.25, -0.2) is 0 Å². The fraction of sp³-hybridized carbons (Fsp3) is 0.615. The Kier molecular flexibility index (Phi) is 6.21. The molecular weight excluding hydrogens is 251 g/mol. The van der Waals surface area contributed by atoms with E-state index >= 15 is 0 Å². The first-order chi connectivity index (χ1) is 7.99. The molecular formula is C13H23O4P. The lowest BCUT2D eigenvalue weighted by Crippen LogP contribution is -2.23. The van der Waals surface area contributed by atoms with E-state index in [1.807, 2.05) is 0 Å². The van der Waals surface area contributed by atoms with Crippen LogP contribution in [0.4, 0.5) is 0 Å². The Morgan fingerprint density at radius 3 is 1.61 bits per heavy atom. The lowest BCUT2D eigenvalue weighted by atomic mass is 10.00. The summed E-state index contributed by atoms with van der Waals surface area (Å²) in [5.74, 6) is 0. The Hall–Kier alpha value is -0.700. The summed E-state index contributed by atoms with van der Waals surface area (Å²) in [7, 11) is -3.80. The Morgan fingerprint density at radius 2 is 1.39 bits per heavy atom. The molecule has 0 aliphatic heterocycles. The predicted octanol–water partition coefficient (Wildman–Crippen LogP) is 3.94. The van der Waals surface area contributed by atoms with Crippen molar-refractivity contribution in [1.29, 1.82) is 0 Å². The van der Waals surface area contributed by atoms with Crippen molar-refractivity contribution < 1.29 is 18.4 Å². The van der Waals surface area contributed by atoms with Gasteiger partial charge < -0.3 is 0 Å². The maximum Gasteiger partial charge on any atom is 0.397 e. The molecule has 0 aromatic carbocycles. The number of carbonyl (C=O) groups excluding carboxylic acids is 1. The second-order valence-electron chi connectivity index (χ2n) is 5.51. The van der Waals surface area contributed by atoms with E-state index < -0.39 is 18.5 Å². The van der Waals surface area contributed by atoms with E-state index in [0.29, 0.717) is 11.1 Å². The van der Waals surface area contributed by atoms with Crippen molar-refractivity contribution in [3.05, 3.63) is 24.3 Å². The zero-order chi connectivity index (χ0) is 14.6. The van der Waals surface area contributed by atoms with E-state index in [-0.39, 0.29) is 13.2 Å². The number of hydrogen-bond donors (Lipinski definition) is 0. The van der Waals surface area contributed by atoms with Crippen LogP contribution in [-0.2, 0) is 18.4 Å². The van der Waals surface area contributed by atoms with Crippen molar-refractivity contribution >= 4 is 13.1 Å². The van der Waals surface area contributed by atoms with Crippen molar-refractivity contribution in [2.24, 2.45) is 5.41 Å². The first-order valence-electron chi connectivity index (χ1n) is 5.72. The van der Waals surface area contributed by atoms with Gasteiger partial charge in [-0.3, -0.25) is 18.4 Å². The van der Waals surface area contributed by atoms with Gasteiger partial charge in [0.25, 0.3) is 0 Å². The molecule has 0 aliphatic rings. The van der Waals surface area contributed by atoms with Gasteiger partial charge in [-0.15, -0.1) is 0 Å². The van der Waals surface area contributed by atoms with Crippen LogP contribution >= 0.6 is 7.60 Å². The van der Waals surface area contributed by atoms with Crippen LogP contribution in [0.3, 0.4) is 0 Å². The average molecular weight is 274 g/mol. The summed E-state index contributed by atoms with van der Waals surface area (Å²) < 4.78 is 22.8. The average Bonchev–Trinajstić information content (AvgIpc) is 2.21. The standard InChI is InChI=1S/C13H23O4P/c1-10(2)8-16-18(15,17-9-11(3)4)12(14)13(5,6)7/h1,3,8-9H2,2,4-7H3. The van der Waals surface area contributed by atoms with Crippen molar-refractivity contribution in [2.75, 3.05) is 13.2 Å². The van der Waals surface area contributed by atoms with E-state index in [1.54, 1.807) is 34.6 Å². The van der Waals surface area contributed by atoms with Crippen molar-refractivity contribution in [3.63, 3.8) is 0 Å². The van der Waals surface area contributed by atoms with Gasteiger partial charge in [0.15, 0.2) is 0 Å². The van der Waals surface area contributed by atoms with Gasteiger partial charge in [0.2, 0.25) is 5.52 Å². The highest BCUT2D eigenvalue weighted by Gasteiger charge is 2.42. The zero-order valence-electron chi connectivity index (χ0n) is 11.9. The monoisotopic (exact) mass is 274 g/mol. The topological polar surface area (TPSA) is 52.6 Å². The second-order valence-corrected chi connectivity index (χ2v) is 7.43. The maximum absolute atomic E-state index is 12.5. The van der Waals surface area contributed by atoms with Crippen molar-refractivity contribution in [3.8, 4) is 0 Å². The van der Waals surface area contributed by atoms with Crippen LogP contribution in [0.1, 0.15) is 34.6 Å². The van der Waals surface area contributed by atoms with E-state index in [0.717, 1.165) is 0 Å². The first kappa shape index (κ1) is 17.3. The third-order valence-electron chi connectivity index (χ3n) is 1.85. The molecule has 0 radical (unpaired) electrons. The third-order valence-corrected chi connectivity index (χ3v) is 3.96. The van der Waals surface area contributed by atoms with Crippen LogP contribution in [0.2, 0.25) is 0 Å². The minimum atomic E-state index is -3.80. The number of hydrogen-bond acceptors (Lipinski definition) is 4. The second kappa shape index (κ2) is 6.46. The Labute approximate surface area is 110 Å². The molecule has 0 aromatic rings. The maximum atomic E-state index is 12.5. The third kappa shape index (κ3) is 5.76. The molecule has 0 aromatic heterocycles. The minimum Gasteiger partial charge on any atom is -0.299 e.